The average molecular weight is 368 g/mol. The number of benzene rings is 2. The SMILES string of the molecule is CC(CC(=O)C(C)O)Oc1ccc(Oc2ccc(C(F)(F)F)cc2)cc1. The molecule has 0 aliphatic rings. The van der Waals surface area contributed by atoms with Crippen molar-refractivity contribution in [2.45, 2.75) is 38.7 Å². The van der Waals surface area contributed by atoms with E-state index in [2.05, 4.69) is 0 Å². The number of carbonyl (C=O) groups excluding carboxylic acids is 1. The van der Waals surface area contributed by atoms with Crippen molar-refractivity contribution in [2.75, 3.05) is 0 Å². The van der Waals surface area contributed by atoms with Crippen LogP contribution in [0.3, 0.4) is 0 Å². The van der Waals surface area contributed by atoms with Crippen molar-refractivity contribution in [3.05, 3.63) is 54.1 Å². The molecule has 140 valence electrons. The summed E-state index contributed by atoms with van der Waals surface area (Å²) in [5, 5.41) is 9.19. The molecule has 2 unspecified atom stereocenters. The highest BCUT2D eigenvalue weighted by Crippen LogP contribution is 2.31. The zero-order valence-electron chi connectivity index (χ0n) is 14.3. The molecule has 0 saturated carbocycles. The highest BCUT2D eigenvalue weighted by molar-refractivity contribution is 5.82. The van der Waals surface area contributed by atoms with E-state index < -0.39 is 23.9 Å². The summed E-state index contributed by atoms with van der Waals surface area (Å²) in [6, 6.07) is 10.9. The molecule has 7 heteroatoms. The fraction of sp³-hybridized carbons (Fsp3) is 0.316. The predicted octanol–water partition coefficient (Wildman–Crippen LogP) is 4.61. The fourth-order valence-corrected chi connectivity index (χ4v) is 2.16. The molecule has 0 aliphatic carbocycles. The smallest absolute Gasteiger partial charge is 0.416 e. The first-order valence-corrected chi connectivity index (χ1v) is 7.98. The minimum atomic E-state index is -4.39. The van der Waals surface area contributed by atoms with Crippen molar-refractivity contribution in [1.29, 1.82) is 0 Å². The van der Waals surface area contributed by atoms with Gasteiger partial charge < -0.3 is 14.6 Å². The Morgan fingerprint density at radius 3 is 1.88 bits per heavy atom. The van der Waals surface area contributed by atoms with Gasteiger partial charge >= 0.3 is 6.18 Å². The lowest BCUT2D eigenvalue weighted by Crippen LogP contribution is -2.24. The molecule has 2 aromatic carbocycles. The molecule has 0 heterocycles. The molecule has 0 saturated heterocycles. The summed E-state index contributed by atoms with van der Waals surface area (Å²) < 4.78 is 48.7. The maximum absolute atomic E-state index is 12.5. The molecule has 4 nitrogen and oxygen atoms in total. The van der Waals surface area contributed by atoms with Gasteiger partial charge in [0.25, 0.3) is 0 Å². The number of ether oxygens (including phenoxy) is 2. The number of rotatable bonds is 7. The highest BCUT2D eigenvalue weighted by atomic mass is 19.4. The summed E-state index contributed by atoms with van der Waals surface area (Å²) >= 11 is 0. The van der Waals surface area contributed by atoms with Crippen LogP contribution in [-0.4, -0.2) is 23.1 Å². The van der Waals surface area contributed by atoms with Crippen LogP contribution in [0.4, 0.5) is 13.2 Å². The second-order valence-corrected chi connectivity index (χ2v) is 5.87. The third kappa shape index (κ3) is 5.77. The van der Waals surface area contributed by atoms with Crippen LogP contribution in [0.15, 0.2) is 48.5 Å². The first-order valence-electron chi connectivity index (χ1n) is 7.98. The van der Waals surface area contributed by atoms with E-state index in [1.54, 1.807) is 31.2 Å². The van der Waals surface area contributed by atoms with Gasteiger partial charge in [0, 0.05) is 6.42 Å². The number of ketones is 1. The molecular weight excluding hydrogens is 349 g/mol. The normalized spacial score (nSPS) is 13.8. The van der Waals surface area contributed by atoms with Gasteiger partial charge in [0.2, 0.25) is 0 Å². The van der Waals surface area contributed by atoms with Gasteiger partial charge in [-0.1, -0.05) is 0 Å². The summed E-state index contributed by atoms with van der Waals surface area (Å²) in [5.74, 6) is 0.919. The molecule has 2 rings (SSSR count). The Labute approximate surface area is 149 Å². The van der Waals surface area contributed by atoms with Gasteiger partial charge in [-0.05, 0) is 62.4 Å². The summed E-state index contributed by atoms with van der Waals surface area (Å²) in [6.45, 7) is 3.12. The Morgan fingerprint density at radius 1 is 0.962 bits per heavy atom. The number of aliphatic hydroxyl groups excluding tert-OH is 1. The van der Waals surface area contributed by atoms with Gasteiger partial charge in [-0.15, -0.1) is 0 Å². The number of alkyl halides is 3. The lowest BCUT2D eigenvalue weighted by molar-refractivity contribution is -0.137. The van der Waals surface area contributed by atoms with Crippen LogP contribution in [0.1, 0.15) is 25.8 Å². The highest BCUT2D eigenvalue weighted by Gasteiger charge is 2.30. The standard InChI is InChI=1S/C19H19F3O4/c1-12(11-18(24)13(2)23)25-15-7-9-17(10-8-15)26-16-5-3-14(4-6-16)19(20,21)22/h3-10,12-13,23H,11H2,1-2H3. The zero-order chi connectivity index (χ0) is 19.3. The summed E-state index contributed by atoms with van der Waals surface area (Å²) in [4.78, 5) is 11.5. The molecule has 2 atom stereocenters. The van der Waals surface area contributed by atoms with Gasteiger partial charge in [-0.3, -0.25) is 4.79 Å². The molecule has 26 heavy (non-hydrogen) atoms. The molecule has 0 radical (unpaired) electrons. The van der Waals surface area contributed by atoms with Crippen molar-refractivity contribution in [1.82, 2.24) is 0 Å². The summed E-state index contributed by atoms with van der Waals surface area (Å²) in [5.41, 5.74) is -0.741. The Morgan fingerprint density at radius 2 is 1.42 bits per heavy atom. The number of hydrogen-bond donors (Lipinski definition) is 1. The Hall–Kier alpha value is -2.54. The van der Waals surface area contributed by atoms with Crippen molar-refractivity contribution in [3.8, 4) is 17.2 Å². The van der Waals surface area contributed by atoms with Gasteiger partial charge in [-0.25, -0.2) is 0 Å². The molecule has 0 aromatic heterocycles. The predicted molar refractivity (Wildman–Crippen MR) is 89.4 cm³/mol. The largest absolute Gasteiger partial charge is 0.490 e. The van der Waals surface area contributed by atoms with E-state index in [9.17, 15) is 23.1 Å². The molecule has 0 amide bonds. The minimum absolute atomic E-state index is 0.0848. The summed E-state index contributed by atoms with van der Waals surface area (Å²) in [7, 11) is 0. The van der Waals surface area contributed by atoms with Crippen LogP contribution < -0.4 is 9.47 Å². The van der Waals surface area contributed by atoms with E-state index in [4.69, 9.17) is 9.47 Å². The first-order chi connectivity index (χ1) is 12.1. The number of halogens is 3. The maximum atomic E-state index is 12.5. The zero-order valence-corrected chi connectivity index (χ0v) is 14.3. The van der Waals surface area contributed by atoms with Crippen LogP contribution in [0, 0.1) is 0 Å². The topological polar surface area (TPSA) is 55.8 Å². The van der Waals surface area contributed by atoms with Crippen molar-refractivity contribution in [2.24, 2.45) is 0 Å². The molecule has 0 bridgehead atoms. The maximum Gasteiger partial charge on any atom is 0.416 e. The van der Waals surface area contributed by atoms with Crippen LogP contribution in [0.2, 0.25) is 0 Å². The van der Waals surface area contributed by atoms with E-state index in [0.717, 1.165) is 12.1 Å². The van der Waals surface area contributed by atoms with Crippen LogP contribution >= 0.6 is 0 Å². The van der Waals surface area contributed by atoms with E-state index in [-0.39, 0.29) is 18.0 Å². The Bertz CT molecular complexity index is 722. The molecular formula is C19H19F3O4. The van der Waals surface area contributed by atoms with Gasteiger partial charge in [0.1, 0.15) is 29.5 Å². The number of hydrogen-bond acceptors (Lipinski definition) is 4. The Kier molecular flexibility index (Phi) is 6.26. The second-order valence-electron chi connectivity index (χ2n) is 5.87. The monoisotopic (exact) mass is 368 g/mol. The lowest BCUT2D eigenvalue weighted by atomic mass is 10.1. The fourth-order valence-electron chi connectivity index (χ4n) is 2.16. The third-order valence-electron chi connectivity index (χ3n) is 3.53. The van der Waals surface area contributed by atoms with Crippen molar-refractivity contribution < 1.29 is 32.5 Å². The Balaban J connectivity index is 1.94. The molecule has 2 aromatic rings. The van der Waals surface area contributed by atoms with Crippen molar-refractivity contribution in [3.63, 3.8) is 0 Å². The number of carbonyl (C=O) groups is 1. The van der Waals surface area contributed by atoms with E-state index in [1.165, 1.54) is 19.1 Å². The van der Waals surface area contributed by atoms with Crippen LogP contribution in [0.5, 0.6) is 17.2 Å². The van der Waals surface area contributed by atoms with E-state index in [1.807, 2.05) is 0 Å². The molecule has 1 N–H and O–H groups in total. The average Bonchev–Trinajstić information content (AvgIpc) is 2.56. The van der Waals surface area contributed by atoms with Crippen molar-refractivity contribution >= 4 is 5.78 Å². The van der Waals surface area contributed by atoms with Gasteiger partial charge in [0.05, 0.1) is 5.56 Å². The third-order valence-corrected chi connectivity index (χ3v) is 3.53. The van der Waals surface area contributed by atoms with Gasteiger partial charge in [-0.2, -0.15) is 13.2 Å². The minimum Gasteiger partial charge on any atom is -0.490 e. The van der Waals surface area contributed by atoms with E-state index in [0.29, 0.717) is 11.5 Å². The van der Waals surface area contributed by atoms with Crippen LogP contribution in [0.25, 0.3) is 0 Å². The molecule has 0 fully saturated rings. The first kappa shape index (κ1) is 19.8. The molecule has 0 aliphatic heterocycles. The number of Topliss-reactive ketones (excluding diaryl/α,β-unsaturated/α-hetero) is 1. The van der Waals surface area contributed by atoms with E-state index >= 15 is 0 Å². The van der Waals surface area contributed by atoms with Crippen LogP contribution in [-0.2, 0) is 11.0 Å². The molecule has 0 spiro atoms. The quantitative estimate of drug-likeness (QED) is 0.776. The van der Waals surface area contributed by atoms with Gasteiger partial charge in [0.15, 0.2) is 5.78 Å². The second kappa shape index (κ2) is 8.23. The lowest BCUT2D eigenvalue weighted by Gasteiger charge is -2.15. The summed E-state index contributed by atoms with van der Waals surface area (Å²) in [6.07, 6.45) is -5.73. The number of aliphatic hydroxyl groups is 1.